The summed E-state index contributed by atoms with van der Waals surface area (Å²) in [5.41, 5.74) is 7.05. The van der Waals surface area contributed by atoms with Crippen LogP contribution in [0.4, 0.5) is 4.39 Å². The van der Waals surface area contributed by atoms with Crippen LogP contribution in [0.1, 0.15) is 24.1 Å². The monoisotopic (exact) mass is 323 g/mol. The van der Waals surface area contributed by atoms with E-state index in [4.69, 9.17) is 10.5 Å². The summed E-state index contributed by atoms with van der Waals surface area (Å²) in [7, 11) is 0. The Hall–Kier alpha value is -1.39. The summed E-state index contributed by atoms with van der Waals surface area (Å²) >= 11 is 3.42. The summed E-state index contributed by atoms with van der Waals surface area (Å²) in [6, 6.07) is 10.3. The second kappa shape index (κ2) is 5.72. The molecular weight excluding hydrogens is 309 g/mol. The van der Waals surface area contributed by atoms with Gasteiger partial charge in [0.05, 0.1) is 4.47 Å². The minimum Gasteiger partial charge on any atom is -0.456 e. The van der Waals surface area contributed by atoms with E-state index < -0.39 is 0 Å². The molecule has 0 aliphatic carbocycles. The fourth-order valence-electron chi connectivity index (χ4n) is 1.76. The Morgan fingerprint density at radius 1 is 1.21 bits per heavy atom. The molecule has 0 spiro atoms. The molecule has 0 saturated heterocycles. The van der Waals surface area contributed by atoms with Gasteiger partial charge in [0.25, 0.3) is 0 Å². The lowest BCUT2D eigenvalue weighted by Crippen LogP contribution is -2.08. The number of hydrogen-bond donors (Lipinski definition) is 1. The third-order valence-corrected chi connectivity index (χ3v) is 3.49. The van der Waals surface area contributed by atoms with Gasteiger partial charge >= 0.3 is 0 Å². The molecule has 0 aromatic heterocycles. The van der Waals surface area contributed by atoms with E-state index in [1.807, 2.05) is 24.3 Å². The molecule has 2 nitrogen and oxygen atoms in total. The Bertz CT molecular complexity index is 599. The van der Waals surface area contributed by atoms with Gasteiger partial charge in [-0.1, -0.05) is 12.1 Å². The van der Waals surface area contributed by atoms with Gasteiger partial charge in [0.1, 0.15) is 17.3 Å². The van der Waals surface area contributed by atoms with Gasteiger partial charge in [-0.15, -0.1) is 0 Å². The molecule has 2 aromatic carbocycles. The van der Waals surface area contributed by atoms with Crippen LogP contribution >= 0.6 is 15.9 Å². The molecule has 0 aliphatic heterocycles. The minimum absolute atomic E-state index is 0.272. The summed E-state index contributed by atoms with van der Waals surface area (Å²) in [6.45, 7) is 3.50. The fourth-order valence-corrected chi connectivity index (χ4v) is 2.13. The van der Waals surface area contributed by atoms with E-state index in [-0.39, 0.29) is 11.9 Å². The van der Waals surface area contributed by atoms with Crippen molar-refractivity contribution in [2.24, 2.45) is 5.73 Å². The lowest BCUT2D eigenvalue weighted by molar-refractivity contribution is 0.465. The molecule has 2 aromatic rings. The molecule has 0 amide bonds. The summed E-state index contributed by atoms with van der Waals surface area (Å²) in [5, 5.41) is 0. The van der Waals surface area contributed by atoms with Gasteiger partial charge in [0.2, 0.25) is 0 Å². The summed E-state index contributed by atoms with van der Waals surface area (Å²) in [6.07, 6.45) is 0. The molecule has 19 heavy (non-hydrogen) atoms. The minimum atomic E-state index is -0.299. The summed E-state index contributed by atoms with van der Waals surface area (Å²) in [5.74, 6) is 0.989. The largest absolute Gasteiger partial charge is 0.456 e. The number of ether oxygens (including phenoxy) is 1. The van der Waals surface area contributed by atoms with Crippen molar-refractivity contribution in [2.75, 3.05) is 0 Å². The standard InChI is InChI=1S/C15H15BrFNO/c1-9-7-15(11(10(2)18)8-13(9)17)19-14-6-4-3-5-12(14)16/h3-8,10H,18H2,1-2H3/t10-/m0/s1. The predicted octanol–water partition coefficient (Wildman–Crippen LogP) is 4.71. The number of halogens is 2. The Kier molecular flexibility index (Phi) is 4.22. The number of aryl methyl sites for hydroxylation is 1. The average molecular weight is 324 g/mol. The van der Waals surface area contributed by atoms with Crippen molar-refractivity contribution in [3.8, 4) is 11.5 Å². The van der Waals surface area contributed by atoms with E-state index in [1.165, 1.54) is 6.07 Å². The van der Waals surface area contributed by atoms with Crippen molar-refractivity contribution in [3.05, 3.63) is 57.8 Å². The molecule has 1 atom stereocenters. The Morgan fingerprint density at radius 3 is 2.53 bits per heavy atom. The second-order valence-electron chi connectivity index (χ2n) is 4.46. The fraction of sp³-hybridized carbons (Fsp3) is 0.200. The zero-order valence-corrected chi connectivity index (χ0v) is 12.4. The first-order chi connectivity index (χ1) is 8.99. The zero-order chi connectivity index (χ0) is 14.0. The van der Waals surface area contributed by atoms with Crippen molar-refractivity contribution < 1.29 is 9.13 Å². The third kappa shape index (κ3) is 3.14. The lowest BCUT2D eigenvalue weighted by atomic mass is 10.1. The van der Waals surface area contributed by atoms with Crippen LogP contribution in [0.5, 0.6) is 11.5 Å². The third-order valence-electron chi connectivity index (χ3n) is 2.84. The average Bonchev–Trinajstić information content (AvgIpc) is 2.36. The van der Waals surface area contributed by atoms with Crippen LogP contribution in [0.15, 0.2) is 40.9 Å². The summed E-state index contributed by atoms with van der Waals surface area (Å²) < 4.78 is 20.3. The van der Waals surface area contributed by atoms with Gasteiger partial charge in [-0.25, -0.2) is 4.39 Å². The topological polar surface area (TPSA) is 35.2 Å². The molecule has 0 saturated carbocycles. The van der Waals surface area contributed by atoms with Crippen LogP contribution in [0.2, 0.25) is 0 Å². The first-order valence-corrected chi connectivity index (χ1v) is 6.76. The summed E-state index contributed by atoms with van der Waals surface area (Å²) in [4.78, 5) is 0. The van der Waals surface area contributed by atoms with Gasteiger partial charge in [-0.3, -0.25) is 0 Å². The molecule has 0 bridgehead atoms. The lowest BCUT2D eigenvalue weighted by Gasteiger charge is -2.16. The van der Waals surface area contributed by atoms with Crippen molar-refractivity contribution in [1.82, 2.24) is 0 Å². The highest BCUT2D eigenvalue weighted by Crippen LogP contribution is 2.34. The Balaban J connectivity index is 2.45. The van der Waals surface area contributed by atoms with E-state index in [1.54, 1.807) is 19.9 Å². The normalized spacial score (nSPS) is 12.3. The smallest absolute Gasteiger partial charge is 0.141 e. The highest BCUT2D eigenvalue weighted by molar-refractivity contribution is 9.10. The zero-order valence-electron chi connectivity index (χ0n) is 10.8. The van der Waals surface area contributed by atoms with Gasteiger partial charge in [-0.2, -0.15) is 0 Å². The van der Waals surface area contributed by atoms with E-state index in [0.717, 1.165) is 4.47 Å². The SMILES string of the molecule is Cc1cc(Oc2ccccc2Br)c([C@H](C)N)cc1F. The van der Waals surface area contributed by atoms with Gasteiger partial charge in [0.15, 0.2) is 0 Å². The van der Waals surface area contributed by atoms with Crippen LogP contribution in [0.3, 0.4) is 0 Å². The molecule has 0 heterocycles. The van der Waals surface area contributed by atoms with E-state index >= 15 is 0 Å². The Morgan fingerprint density at radius 2 is 1.89 bits per heavy atom. The van der Waals surface area contributed by atoms with Crippen LogP contribution in [-0.2, 0) is 0 Å². The molecule has 2 rings (SSSR count). The molecule has 0 aliphatic rings. The predicted molar refractivity (Wildman–Crippen MR) is 78.0 cm³/mol. The quantitative estimate of drug-likeness (QED) is 0.887. The van der Waals surface area contributed by atoms with Gasteiger partial charge in [-0.05, 0) is 59.6 Å². The number of benzene rings is 2. The number of para-hydroxylation sites is 1. The maximum atomic E-state index is 13.6. The van der Waals surface area contributed by atoms with E-state index in [0.29, 0.717) is 22.6 Å². The molecule has 2 N–H and O–H groups in total. The first-order valence-electron chi connectivity index (χ1n) is 5.97. The molecule has 100 valence electrons. The molecular formula is C15H15BrFNO. The number of nitrogens with two attached hydrogens (primary N) is 1. The van der Waals surface area contributed by atoms with Crippen molar-refractivity contribution in [1.29, 1.82) is 0 Å². The van der Waals surface area contributed by atoms with Gasteiger partial charge in [0, 0.05) is 11.6 Å². The molecule has 0 radical (unpaired) electrons. The highest BCUT2D eigenvalue weighted by Gasteiger charge is 2.13. The number of rotatable bonds is 3. The Labute approximate surface area is 120 Å². The first kappa shape index (κ1) is 14.0. The van der Waals surface area contributed by atoms with Crippen LogP contribution < -0.4 is 10.5 Å². The van der Waals surface area contributed by atoms with E-state index in [9.17, 15) is 4.39 Å². The second-order valence-corrected chi connectivity index (χ2v) is 5.31. The molecule has 0 unspecified atom stereocenters. The van der Waals surface area contributed by atoms with Crippen LogP contribution in [0, 0.1) is 12.7 Å². The van der Waals surface area contributed by atoms with Crippen molar-refractivity contribution in [2.45, 2.75) is 19.9 Å². The van der Waals surface area contributed by atoms with Crippen molar-refractivity contribution >= 4 is 15.9 Å². The molecule has 0 fully saturated rings. The highest BCUT2D eigenvalue weighted by atomic mass is 79.9. The maximum absolute atomic E-state index is 13.6. The number of hydrogen-bond acceptors (Lipinski definition) is 2. The van der Waals surface area contributed by atoms with Crippen LogP contribution in [-0.4, -0.2) is 0 Å². The van der Waals surface area contributed by atoms with E-state index in [2.05, 4.69) is 15.9 Å². The van der Waals surface area contributed by atoms with Gasteiger partial charge < -0.3 is 10.5 Å². The maximum Gasteiger partial charge on any atom is 0.141 e. The van der Waals surface area contributed by atoms with Crippen LogP contribution in [0.25, 0.3) is 0 Å². The van der Waals surface area contributed by atoms with Crippen molar-refractivity contribution in [3.63, 3.8) is 0 Å². The molecule has 4 heteroatoms.